The first kappa shape index (κ1) is 12.6. The van der Waals surface area contributed by atoms with Crippen molar-refractivity contribution in [3.05, 3.63) is 34.0 Å². The van der Waals surface area contributed by atoms with Crippen LogP contribution in [0.3, 0.4) is 0 Å². The highest BCUT2D eigenvalue weighted by atomic mass is 32.1. The fraction of sp³-hybridized carbons (Fsp3) is 0.250. The average molecular weight is 267 g/mol. The topological polar surface area (TPSA) is 60.2 Å². The Bertz CT molecular complexity index is 556. The van der Waals surface area contributed by atoms with Crippen molar-refractivity contribution < 1.29 is 9.13 Å². The molecular weight excluding hydrogens is 253 g/mol. The standard InChI is InChI=1S/C12H14FN3OS/c1-7-5-16-12(18-7)6-15-10-4-11(17-2)9(14)3-8(10)13/h3-5,15H,6,14H2,1-2H3. The summed E-state index contributed by atoms with van der Waals surface area (Å²) in [5, 5.41) is 3.89. The van der Waals surface area contributed by atoms with Gasteiger partial charge in [-0.05, 0) is 6.92 Å². The molecule has 18 heavy (non-hydrogen) atoms. The molecule has 0 amide bonds. The molecule has 2 rings (SSSR count). The second-order valence-electron chi connectivity index (χ2n) is 3.79. The fourth-order valence-corrected chi connectivity index (χ4v) is 2.26. The summed E-state index contributed by atoms with van der Waals surface area (Å²) in [5.41, 5.74) is 6.25. The van der Waals surface area contributed by atoms with Gasteiger partial charge in [0.05, 0.1) is 25.0 Å². The minimum Gasteiger partial charge on any atom is -0.495 e. The molecule has 2 aromatic rings. The van der Waals surface area contributed by atoms with Gasteiger partial charge in [0.15, 0.2) is 0 Å². The molecule has 0 radical (unpaired) electrons. The van der Waals surface area contributed by atoms with Gasteiger partial charge in [-0.25, -0.2) is 9.37 Å². The predicted molar refractivity (Wildman–Crippen MR) is 71.5 cm³/mol. The second-order valence-corrected chi connectivity index (χ2v) is 5.11. The predicted octanol–water partition coefficient (Wildman–Crippen LogP) is 2.79. The Balaban J connectivity index is 2.13. The van der Waals surface area contributed by atoms with E-state index in [4.69, 9.17) is 10.5 Å². The third-order valence-electron chi connectivity index (χ3n) is 2.42. The van der Waals surface area contributed by atoms with Gasteiger partial charge in [-0.2, -0.15) is 0 Å². The Morgan fingerprint density at radius 3 is 2.89 bits per heavy atom. The van der Waals surface area contributed by atoms with Crippen LogP contribution in [0.5, 0.6) is 5.75 Å². The Kier molecular flexibility index (Phi) is 3.66. The Hall–Kier alpha value is -1.82. The molecule has 6 heteroatoms. The lowest BCUT2D eigenvalue weighted by Gasteiger charge is -2.10. The summed E-state index contributed by atoms with van der Waals surface area (Å²) in [7, 11) is 1.50. The number of rotatable bonds is 4. The maximum atomic E-state index is 13.7. The quantitative estimate of drug-likeness (QED) is 0.836. The van der Waals surface area contributed by atoms with Crippen molar-refractivity contribution in [2.75, 3.05) is 18.2 Å². The molecular formula is C12H14FN3OS. The molecule has 0 unspecified atom stereocenters. The molecule has 0 saturated heterocycles. The Labute approximate surface area is 109 Å². The Morgan fingerprint density at radius 2 is 2.28 bits per heavy atom. The summed E-state index contributed by atoms with van der Waals surface area (Å²) in [6, 6.07) is 2.79. The largest absolute Gasteiger partial charge is 0.495 e. The van der Waals surface area contributed by atoms with Gasteiger partial charge in [0.25, 0.3) is 0 Å². The van der Waals surface area contributed by atoms with Crippen LogP contribution in [-0.4, -0.2) is 12.1 Å². The number of ether oxygens (including phenoxy) is 1. The summed E-state index contributed by atoms with van der Waals surface area (Å²) >= 11 is 1.57. The van der Waals surface area contributed by atoms with Crippen LogP contribution in [0.25, 0.3) is 0 Å². The monoisotopic (exact) mass is 267 g/mol. The summed E-state index contributed by atoms with van der Waals surface area (Å²) in [5.74, 6) is 0.0517. The third kappa shape index (κ3) is 2.70. The van der Waals surface area contributed by atoms with Gasteiger partial charge in [-0.1, -0.05) is 0 Å². The summed E-state index contributed by atoms with van der Waals surface area (Å²) in [4.78, 5) is 5.33. The van der Waals surface area contributed by atoms with Crippen LogP contribution in [0.4, 0.5) is 15.8 Å². The number of hydrogen-bond donors (Lipinski definition) is 2. The molecule has 96 valence electrons. The molecule has 0 aliphatic heterocycles. The van der Waals surface area contributed by atoms with Crippen molar-refractivity contribution in [3.63, 3.8) is 0 Å². The van der Waals surface area contributed by atoms with E-state index in [1.165, 1.54) is 13.2 Å². The van der Waals surface area contributed by atoms with Crippen molar-refractivity contribution in [2.24, 2.45) is 0 Å². The molecule has 0 spiro atoms. The van der Waals surface area contributed by atoms with Crippen LogP contribution < -0.4 is 15.8 Å². The van der Waals surface area contributed by atoms with E-state index in [2.05, 4.69) is 10.3 Å². The molecule has 0 fully saturated rings. The second kappa shape index (κ2) is 5.22. The minimum absolute atomic E-state index is 0.283. The van der Waals surface area contributed by atoms with Crippen molar-refractivity contribution in [1.82, 2.24) is 4.98 Å². The van der Waals surface area contributed by atoms with Gasteiger partial charge in [-0.15, -0.1) is 11.3 Å². The van der Waals surface area contributed by atoms with Crippen LogP contribution in [-0.2, 0) is 6.54 Å². The van der Waals surface area contributed by atoms with Crippen LogP contribution in [0.2, 0.25) is 0 Å². The highest BCUT2D eigenvalue weighted by Gasteiger charge is 2.08. The molecule has 0 aliphatic carbocycles. The van der Waals surface area contributed by atoms with Gasteiger partial charge >= 0.3 is 0 Å². The lowest BCUT2D eigenvalue weighted by molar-refractivity contribution is 0.416. The zero-order valence-electron chi connectivity index (χ0n) is 10.2. The molecule has 1 heterocycles. The maximum absolute atomic E-state index is 13.7. The number of nitrogen functional groups attached to an aromatic ring is 1. The SMILES string of the molecule is COc1cc(NCc2ncc(C)s2)c(F)cc1N. The smallest absolute Gasteiger partial charge is 0.148 e. The summed E-state index contributed by atoms with van der Waals surface area (Å²) in [6.45, 7) is 2.45. The molecule has 1 aromatic heterocycles. The van der Waals surface area contributed by atoms with Crippen molar-refractivity contribution in [3.8, 4) is 5.75 Å². The normalized spacial score (nSPS) is 10.4. The Morgan fingerprint density at radius 1 is 1.50 bits per heavy atom. The number of hydrogen-bond acceptors (Lipinski definition) is 5. The van der Waals surface area contributed by atoms with Crippen LogP contribution in [0, 0.1) is 12.7 Å². The third-order valence-corrected chi connectivity index (χ3v) is 3.33. The van der Waals surface area contributed by atoms with Gasteiger partial charge in [0.2, 0.25) is 0 Å². The highest BCUT2D eigenvalue weighted by molar-refractivity contribution is 7.11. The number of thiazole rings is 1. The van der Waals surface area contributed by atoms with Crippen molar-refractivity contribution in [2.45, 2.75) is 13.5 Å². The van der Waals surface area contributed by atoms with Crippen LogP contribution >= 0.6 is 11.3 Å². The van der Waals surface area contributed by atoms with E-state index in [1.54, 1.807) is 23.6 Å². The number of anilines is 2. The lowest BCUT2D eigenvalue weighted by atomic mass is 10.2. The number of methoxy groups -OCH3 is 1. The minimum atomic E-state index is -0.401. The van der Waals surface area contributed by atoms with E-state index in [0.29, 0.717) is 18.0 Å². The number of nitrogens with one attached hydrogen (secondary N) is 1. The molecule has 4 nitrogen and oxygen atoms in total. The molecule has 1 aromatic carbocycles. The van der Waals surface area contributed by atoms with E-state index in [1.807, 2.05) is 6.92 Å². The van der Waals surface area contributed by atoms with Gasteiger partial charge in [0, 0.05) is 23.2 Å². The summed E-state index contributed by atoms with van der Waals surface area (Å²) in [6.07, 6.45) is 1.79. The molecule has 0 atom stereocenters. The number of nitrogens with zero attached hydrogens (tertiary/aromatic N) is 1. The van der Waals surface area contributed by atoms with Crippen LogP contribution in [0.15, 0.2) is 18.3 Å². The van der Waals surface area contributed by atoms with Gasteiger partial charge in [-0.3, -0.25) is 0 Å². The van der Waals surface area contributed by atoms with Gasteiger partial charge < -0.3 is 15.8 Å². The first-order valence-electron chi connectivity index (χ1n) is 5.38. The summed E-state index contributed by atoms with van der Waals surface area (Å²) < 4.78 is 18.7. The maximum Gasteiger partial charge on any atom is 0.148 e. The van der Waals surface area contributed by atoms with E-state index >= 15 is 0 Å². The van der Waals surface area contributed by atoms with Crippen molar-refractivity contribution >= 4 is 22.7 Å². The lowest BCUT2D eigenvalue weighted by Crippen LogP contribution is -2.03. The first-order valence-corrected chi connectivity index (χ1v) is 6.20. The molecule has 0 saturated carbocycles. The number of benzene rings is 1. The van der Waals surface area contributed by atoms with Gasteiger partial charge in [0.1, 0.15) is 16.6 Å². The zero-order valence-corrected chi connectivity index (χ0v) is 11.0. The molecule has 0 bridgehead atoms. The van der Waals surface area contributed by atoms with E-state index in [-0.39, 0.29) is 5.69 Å². The number of aromatic nitrogens is 1. The van der Waals surface area contributed by atoms with Crippen molar-refractivity contribution in [1.29, 1.82) is 0 Å². The van der Waals surface area contributed by atoms with E-state index in [0.717, 1.165) is 9.88 Å². The highest BCUT2D eigenvalue weighted by Crippen LogP contribution is 2.28. The number of nitrogens with two attached hydrogens (primary N) is 1. The number of halogens is 1. The van der Waals surface area contributed by atoms with Crippen LogP contribution in [0.1, 0.15) is 9.88 Å². The zero-order chi connectivity index (χ0) is 13.1. The van der Waals surface area contributed by atoms with E-state index < -0.39 is 5.82 Å². The average Bonchev–Trinajstić information content (AvgIpc) is 2.74. The number of aryl methyl sites for hydroxylation is 1. The fourth-order valence-electron chi connectivity index (χ4n) is 1.54. The van der Waals surface area contributed by atoms with E-state index in [9.17, 15) is 4.39 Å². The molecule has 0 aliphatic rings. The first-order chi connectivity index (χ1) is 8.60. The molecule has 3 N–H and O–H groups in total.